The molecule has 3 N–H and O–H groups in total. The number of hydrogen-bond acceptors (Lipinski definition) is 2. The molecule has 1 atom stereocenters. The van der Waals surface area contributed by atoms with Gasteiger partial charge in [-0.15, -0.1) is 0 Å². The molecule has 1 aromatic rings. The highest BCUT2D eigenvalue weighted by atomic mass is 35.5. The smallest absolute Gasteiger partial charge is 0.0453 e. The second-order valence-corrected chi connectivity index (χ2v) is 5.55. The second-order valence-electron chi connectivity index (χ2n) is 4.74. The lowest BCUT2D eigenvalue weighted by atomic mass is 9.98. The van der Waals surface area contributed by atoms with Crippen LogP contribution in [0.2, 0.25) is 10.0 Å². The van der Waals surface area contributed by atoms with E-state index >= 15 is 0 Å². The molecule has 0 spiro atoms. The van der Waals surface area contributed by atoms with Gasteiger partial charge in [0.2, 0.25) is 0 Å². The van der Waals surface area contributed by atoms with Gasteiger partial charge in [0.25, 0.3) is 0 Å². The van der Waals surface area contributed by atoms with Gasteiger partial charge in [-0.05, 0) is 42.9 Å². The van der Waals surface area contributed by atoms with Crippen molar-refractivity contribution in [2.24, 2.45) is 11.8 Å². The summed E-state index contributed by atoms with van der Waals surface area (Å²) < 4.78 is 0. The minimum absolute atomic E-state index is 0.217. The van der Waals surface area contributed by atoms with Crippen LogP contribution in [0, 0.1) is 5.92 Å². The van der Waals surface area contributed by atoms with E-state index in [0.717, 1.165) is 24.8 Å². The van der Waals surface area contributed by atoms with Crippen molar-refractivity contribution in [3.8, 4) is 0 Å². The summed E-state index contributed by atoms with van der Waals surface area (Å²) in [5.41, 5.74) is 3.82. The zero-order chi connectivity index (χ0) is 12.8. The molecule has 1 aromatic carbocycles. The monoisotopic (exact) mass is 274 g/mol. The maximum atomic E-state index is 6.14. The third-order valence-corrected chi connectivity index (χ3v) is 3.55. The molecule has 0 aliphatic rings. The van der Waals surface area contributed by atoms with E-state index in [1.54, 1.807) is 0 Å². The highest BCUT2D eigenvalue weighted by Crippen LogP contribution is 2.26. The van der Waals surface area contributed by atoms with Gasteiger partial charge in [-0.1, -0.05) is 43.1 Å². The Labute approximate surface area is 113 Å². The van der Waals surface area contributed by atoms with Crippen LogP contribution < -0.4 is 11.3 Å². The lowest BCUT2D eigenvalue weighted by Gasteiger charge is -2.18. The molecular formula is C13H20Cl2N2. The summed E-state index contributed by atoms with van der Waals surface area (Å²) in [4.78, 5) is 0. The first-order valence-electron chi connectivity index (χ1n) is 5.93. The normalized spacial score (nSPS) is 13.1. The Morgan fingerprint density at radius 3 is 2.24 bits per heavy atom. The molecule has 96 valence electrons. The van der Waals surface area contributed by atoms with E-state index in [4.69, 9.17) is 29.0 Å². The molecule has 17 heavy (non-hydrogen) atoms. The largest absolute Gasteiger partial charge is 0.271 e. The van der Waals surface area contributed by atoms with Crippen LogP contribution in [0.5, 0.6) is 0 Å². The number of rotatable bonds is 6. The minimum atomic E-state index is 0.217. The third kappa shape index (κ3) is 4.84. The summed E-state index contributed by atoms with van der Waals surface area (Å²) >= 11 is 12.3. The van der Waals surface area contributed by atoms with Crippen molar-refractivity contribution in [3.05, 3.63) is 33.8 Å². The summed E-state index contributed by atoms with van der Waals surface area (Å²) in [6.07, 6.45) is 2.92. The molecular weight excluding hydrogens is 255 g/mol. The summed E-state index contributed by atoms with van der Waals surface area (Å²) in [5, 5.41) is 1.42. The lowest BCUT2D eigenvalue weighted by molar-refractivity contribution is 0.434. The van der Waals surface area contributed by atoms with E-state index in [-0.39, 0.29) is 6.04 Å². The van der Waals surface area contributed by atoms with Crippen molar-refractivity contribution in [2.75, 3.05) is 0 Å². The summed E-state index contributed by atoms with van der Waals surface area (Å²) in [5.74, 6) is 6.24. The van der Waals surface area contributed by atoms with Crippen molar-refractivity contribution >= 4 is 23.2 Å². The van der Waals surface area contributed by atoms with E-state index in [2.05, 4.69) is 19.3 Å². The summed E-state index contributed by atoms with van der Waals surface area (Å²) in [6.45, 7) is 4.41. The Kier molecular flexibility index (Phi) is 6.28. The molecule has 0 bridgehead atoms. The molecule has 2 nitrogen and oxygen atoms in total. The van der Waals surface area contributed by atoms with Gasteiger partial charge in [0.05, 0.1) is 0 Å². The maximum Gasteiger partial charge on any atom is 0.0453 e. The number of nitrogens with two attached hydrogens (primary N) is 1. The molecule has 1 unspecified atom stereocenters. The molecule has 0 heterocycles. The van der Waals surface area contributed by atoms with Crippen molar-refractivity contribution in [1.82, 2.24) is 5.43 Å². The Morgan fingerprint density at radius 2 is 1.76 bits per heavy atom. The van der Waals surface area contributed by atoms with E-state index in [9.17, 15) is 0 Å². The van der Waals surface area contributed by atoms with Crippen LogP contribution in [-0.2, 0) is 6.42 Å². The van der Waals surface area contributed by atoms with Crippen molar-refractivity contribution < 1.29 is 0 Å². The first kappa shape index (κ1) is 14.8. The van der Waals surface area contributed by atoms with E-state index in [1.165, 1.54) is 0 Å². The predicted molar refractivity (Wildman–Crippen MR) is 75.3 cm³/mol. The van der Waals surface area contributed by atoms with Crippen LogP contribution >= 0.6 is 23.2 Å². The maximum absolute atomic E-state index is 6.14. The SMILES string of the molecule is CC(C)CCC(Cc1c(Cl)cccc1Cl)NN. The second kappa shape index (κ2) is 7.22. The number of hydrazine groups is 1. The predicted octanol–water partition coefficient (Wildman–Crippen LogP) is 3.80. The zero-order valence-electron chi connectivity index (χ0n) is 10.3. The van der Waals surface area contributed by atoms with E-state index in [1.807, 2.05) is 18.2 Å². The van der Waals surface area contributed by atoms with Crippen LogP contribution in [0.4, 0.5) is 0 Å². The van der Waals surface area contributed by atoms with Crippen LogP contribution in [0.3, 0.4) is 0 Å². The first-order valence-corrected chi connectivity index (χ1v) is 6.69. The Morgan fingerprint density at radius 1 is 1.18 bits per heavy atom. The molecule has 1 rings (SSSR count). The Hall–Kier alpha value is -0.280. The van der Waals surface area contributed by atoms with Crippen LogP contribution in [0.1, 0.15) is 32.3 Å². The van der Waals surface area contributed by atoms with Gasteiger partial charge in [-0.2, -0.15) is 0 Å². The molecule has 0 radical (unpaired) electrons. The fraction of sp³-hybridized carbons (Fsp3) is 0.538. The highest BCUT2D eigenvalue weighted by Gasteiger charge is 2.13. The fourth-order valence-corrected chi connectivity index (χ4v) is 2.30. The van der Waals surface area contributed by atoms with Gasteiger partial charge >= 0.3 is 0 Å². The number of benzene rings is 1. The number of halogens is 2. The third-order valence-electron chi connectivity index (χ3n) is 2.84. The first-order chi connectivity index (χ1) is 8.04. The molecule has 0 fully saturated rings. The topological polar surface area (TPSA) is 38.0 Å². The van der Waals surface area contributed by atoms with Gasteiger partial charge in [0.15, 0.2) is 0 Å². The molecule has 4 heteroatoms. The summed E-state index contributed by atoms with van der Waals surface area (Å²) in [6, 6.07) is 5.79. The van der Waals surface area contributed by atoms with Gasteiger partial charge in [0, 0.05) is 16.1 Å². The van der Waals surface area contributed by atoms with Crippen molar-refractivity contribution in [2.45, 2.75) is 39.2 Å². The average molecular weight is 275 g/mol. The van der Waals surface area contributed by atoms with Gasteiger partial charge in [-0.3, -0.25) is 11.3 Å². The van der Waals surface area contributed by atoms with Gasteiger partial charge in [-0.25, -0.2) is 0 Å². The molecule has 0 aromatic heterocycles. The molecule has 0 aliphatic carbocycles. The van der Waals surface area contributed by atoms with Crippen molar-refractivity contribution in [1.29, 1.82) is 0 Å². The quantitative estimate of drug-likeness (QED) is 0.612. The van der Waals surface area contributed by atoms with Crippen molar-refractivity contribution in [3.63, 3.8) is 0 Å². The molecule has 0 saturated heterocycles. The lowest BCUT2D eigenvalue weighted by Crippen LogP contribution is -2.37. The molecule has 0 aliphatic heterocycles. The zero-order valence-corrected chi connectivity index (χ0v) is 11.9. The Balaban J connectivity index is 2.67. The minimum Gasteiger partial charge on any atom is -0.271 e. The van der Waals surface area contributed by atoms with Gasteiger partial charge < -0.3 is 0 Å². The van der Waals surface area contributed by atoms with E-state index < -0.39 is 0 Å². The fourth-order valence-electron chi connectivity index (χ4n) is 1.75. The molecule has 0 saturated carbocycles. The van der Waals surface area contributed by atoms with Crippen LogP contribution in [0.15, 0.2) is 18.2 Å². The molecule has 0 amide bonds. The average Bonchev–Trinajstić information content (AvgIpc) is 2.27. The standard InChI is InChI=1S/C13H20Cl2N2/c1-9(2)6-7-10(17-16)8-11-12(14)4-3-5-13(11)15/h3-5,9-10,17H,6-8,16H2,1-2H3. The highest BCUT2D eigenvalue weighted by molar-refractivity contribution is 6.35. The Bertz CT molecular complexity index is 333. The number of hydrogen-bond donors (Lipinski definition) is 2. The van der Waals surface area contributed by atoms with E-state index in [0.29, 0.717) is 16.0 Å². The van der Waals surface area contributed by atoms with Crippen LogP contribution in [0.25, 0.3) is 0 Å². The van der Waals surface area contributed by atoms with Crippen LogP contribution in [-0.4, -0.2) is 6.04 Å². The number of nitrogens with one attached hydrogen (secondary N) is 1. The van der Waals surface area contributed by atoms with Gasteiger partial charge in [0.1, 0.15) is 0 Å². The summed E-state index contributed by atoms with van der Waals surface area (Å²) in [7, 11) is 0.